The highest BCUT2D eigenvalue weighted by Gasteiger charge is 1.93. The lowest BCUT2D eigenvalue weighted by molar-refractivity contribution is 0.296. The number of rotatable bonds is 8. The van der Waals surface area contributed by atoms with Crippen LogP contribution < -0.4 is 5.32 Å². The van der Waals surface area contributed by atoms with Crippen LogP contribution in [0.25, 0.3) is 0 Å². The molecule has 0 aromatic rings. The van der Waals surface area contributed by atoms with Gasteiger partial charge in [0.05, 0.1) is 0 Å². The van der Waals surface area contributed by atoms with Gasteiger partial charge in [-0.25, -0.2) is 0 Å². The van der Waals surface area contributed by atoms with Gasteiger partial charge in [-0.1, -0.05) is 6.08 Å². The smallest absolute Gasteiger partial charge is 0.0438 e. The molecule has 1 unspecified atom stereocenters. The van der Waals surface area contributed by atoms with Gasteiger partial charge < -0.3 is 10.4 Å². The molecule has 0 saturated heterocycles. The molecule has 0 rings (SSSR count). The second-order valence-corrected chi connectivity index (χ2v) is 3.89. The standard InChI is InChI=1S/C9H19NOS/c1-3-9(2)10-5-8-12-7-4-6-11/h3,9-11H,1,4-8H2,2H3. The summed E-state index contributed by atoms with van der Waals surface area (Å²) < 4.78 is 0. The molecule has 3 heteroatoms. The predicted molar refractivity (Wildman–Crippen MR) is 56.7 cm³/mol. The van der Waals surface area contributed by atoms with Crippen molar-refractivity contribution in [3.8, 4) is 0 Å². The molecule has 0 aromatic carbocycles. The zero-order valence-electron chi connectivity index (χ0n) is 7.75. The van der Waals surface area contributed by atoms with E-state index in [2.05, 4.69) is 18.8 Å². The van der Waals surface area contributed by atoms with Crippen molar-refractivity contribution in [2.45, 2.75) is 19.4 Å². The summed E-state index contributed by atoms with van der Waals surface area (Å²) in [4.78, 5) is 0. The lowest BCUT2D eigenvalue weighted by atomic mass is 10.3. The molecule has 12 heavy (non-hydrogen) atoms. The maximum atomic E-state index is 8.51. The molecule has 0 amide bonds. The van der Waals surface area contributed by atoms with Crippen molar-refractivity contribution in [2.75, 3.05) is 24.7 Å². The van der Waals surface area contributed by atoms with Crippen molar-refractivity contribution in [1.82, 2.24) is 5.32 Å². The van der Waals surface area contributed by atoms with Crippen molar-refractivity contribution < 1.29 is 5.11 Å². The lowest BCUT2D eigenvalue weighted by Gasteiger charge is -2.07. The molecule has 2 N–H and O–H groups in total. The van der Waals surface area contributed by atoms with Crippen LogP contribution in [-0.4, -0.2) is 35.8 Å². The van der Waals surface area contributed by atoms with Crippen LogP contribution in [0.1, 0.15) is 13.3 Å². The molecule has 0 aliphatic carbocycles. The predicted octanol–water partition coefficient (Wildman–Crippen LogP) is 1.27. The van der Waals surface area contributed by atoms with Crippen molar-refractivity contribution >= 4 is 11.8 Å². The Morgan fingerprint density at radius 2 is 2.33 bits per heavy atom. The van der Waals surface area contributed by atoms with E-state index < -0.39 is 0 Å². The third-order valence-corrected chi connectivity index (χ3v) is 2.58. The van der Waals surface area contributed by atoms with E-state index in [0.29, 0.717) is 12.6 Å². The highest BCUT2D eigenvalue weighted by Crippen LogP contribution is 2.00. The van der Waals surface area contributed by atoms with Gasteiger partial charge in [-0.2, -0.15) is 11.8 Å². The third-order valence-electron chi connectivity index (χ3n) is 1.51. The van der Waals surface area contributed by atoms with Gasteiger partial charge in [0.1, 0.15) is 0 Å². The zero-order valence-corrected chi connectivity index (χ0v) is 8.57. The van der Waals surface area contributed by atoms with Crippen molar-refractivity contribution in [2.24, 2.45) is 0 Å². The van der Waals surface area contributed by atoms with Crippen molar-refractivity contribution in [1.29, 1.82) is 0 Å². The average Bonchev–Trinajstić information content (AvgIpc) is 2.10. The lowest BCUT2D eigenvalue weighted by Crippen LogP contribution is -2.26. The summed E-state index contributed by atoms with van der Waals surface area (Å²) in [5.74, 6) is 2.17. The minimum Gasteiger partial charge on any atom is -0.396 e. The maximum Gasteiger partial charge on any atom is 0.0438 e. The summed E-state index contributed by atoms with van der Waals surface area (Å²) in [6, 6.07) is 0.406. The quantitative estimate of drug-likeness (QED) is 0.445. The molecule has 0 spiro atoms. The summed E-state index contributed by atoms with van der Waals surface area (Å²) >= 11 is 1.87. The SMILES string of the molecule is C=CC(C)NCCSCCCO. The number of hydrogen-bond acceptors (Lipinski definition) is 3. The minimum atomic E-state index is 0.309. The Morgan fingerprint density at radius 3 is 2.92 bits per heavy atom. The summed E-state index contributed by atoms with van der Waals surface area (Å²) in [5, 5.41) is 11.8. The number of nitrogens with one attached hydrogen (secondary N) is 1. The monoisotopic (exact) mass is 189 g/mol. The van der Waals surface area contributed by atoms with Crippen molar-refractivity contribution in [3.05, 3.63) is 12.7 Å². The molecule has 0 fully saturated rings. The Bertz CT molecular complexity index is 109. The fourth-order valence-electron chi connectivity index (χ4n) is 0.711. The van der Waals surface area contributed by atoms with Crippen LogP contribution in [0.3, 0.4) is 0 Å². The molecule has 0 aliphatic heterocycles. The maximum absolute atomic E-state index is 8.51. The van der Waals surface area contributed by atoms with Crippen LogP contribution in [-0.2, 0) is 0 Å². The van der Waals surface area contributed by atoms with E-state index in [0.717, 1.165) is 24.5 Å². The molecule has 0 heterocycles. The fraction of sp³-hybridized carbons (Fsp3) is 0.778. The molecule has 2 nitrogen and oxygen atoms in total. The molecule has 0 bridgehead atoms. The average molecular weight is 189 g/mol. The summed E-state index contributed by atoms with van der Waals surface area (Å²) in [7, 11) is 0. The molecular weight excluding hydrogens is 170 g/mol. The molecule has 1 atom stereocenters. The first kappa shape index (κ1) is 12.0. The van der Waals surface area contributed by atoms with E-state index >= 15 is 0 Å². The largest absolute Gasteiger partial charge is 0.396 e. The van der Waals surface area contributed by atoms with Gasteiger partial charge in [0, 0.05) is 24.9 Å². The van der Waals surface area contributed by atoms with Gasteiger partial charge in [0.2, 0.25) is 0 Å². The molecule has 72 valence electrons. The first-order chi connectivity index (χ1) is 5.81. The zero-order chi connectivity index (χ0) is 9.23. The van der Waals surface area contributed by atoms with Crippen LogP contribution in [0.15, 0.2) is 12.7 Å². The second kappa shape index (κ2) is 9.10. The Morgan fingerprint density at radius 1 is 1.58 bits per heavy atom. The number of thioether (sulfide) groups is 1. The third kappa shape index (κ3) is 8.11. The molecule has 0 radical (unpaired) electrons. The van der Waals surface area contributed by atoms with E-state index in [9.17, 15) is 0 Å². The first-order valence-corrected chi connectivity index (χ1v) is 5.51. The van der Waals surface area contributed by atoms with Gasteiger partial charge in [0.15, 0.2) is 0 Å². The molecule has 0 saturated carbocycles. The van der Waals surface area contributed by atoms with Gasteiger partial charge in [-0.05, 0) is 19.1 Å². The molecular formula is C9H19NOS. The van der Waals surface area contributed by atoms with Crippen LogP contribution in [0.5, 0.6) is 0 Å². The number of hydrogen-bond donors (Lipinski definition) is 2. The number of aliphatic hydroxyl groups is 1. The van der Waals surface area contributed by atoms with Crippen molar-refractivity contribution in [3.63, 3.8) is 0 Å². The summed E-state index contributed by atoms with van der Waals surface area (Å²) in [5.41, 5.74) is 0. The van der Waals surface area contributed by atoms with E-state index in [4.69, 9.17) is 5.11 Å². The van der Waals surface area contributed by atoms with Crippen LogP contribution in [0.2, 0.25) is 0 Å². The second-order valence-electron chi connectivity index (χ2n) is 2.67. The van der Waals surface area contributed by atoms with Gasteiger partial charge >= 0.3 is 0 Å². The Kier molecular flexibility index (Phi) is 9.11. The Labute approximate surface area is 79.4 Å². The van der Waals surface area contributed by atoms with Crippen LogP contribution in [0, 0.1) is 0 Å². The summed E-state index contributed by atoms with van der Waals surface area (Å²) in [6.45, 7) is 7.10. The Hall–Kier alpha value is 0.01000. The Balaban J connectivity index is 2.95. The molecule has 0 aliphatic rings. The van der Waals surface area contributed by atoms with Crippen LogP contribution in [0.4, 0.5) is 0 Å². The first-order valence-electron chi connectivity index (χ1n) is 4.35. The van der Waals surface area contributed by atoms with E-state index in [1.807, 2.05) is 17.8 Å². The van der Waals surface area contributed by atoms with E-state index in [1.54, 1.807) is 0 Å². The highest BCUT2D eigenvalue weighted by molar-refractivity contribution is 7.99. The highest BCUT2D eigenvalue weighted by atomic mass is 32.2. The summed E-state index contributed by atoms with van der Waals surface area (Å²) in [6.07, 6.45) is 2.81. The topological polar surface area (TPSA) is 32.3 Å². The normalized spacial score (nSPS) is 12.8. The van der Waals surface area contributed by atoms with E-state index in [1.165, 1.54) is 0 Å². The molecule has 0 aromatic heterocycles. The van der Waals surface area contributed by atoms with Crippen LogP contribution >= 0.6 is 11.8 Å². The van der Waals surface area contributed by atoms with Gasteiger partial charge in [-0.3, -0.25) is 0 Å². The number of aliphatic hydroxyl groups excluding tert-OH is 1. The van der Waals surface area contributed by atoms with Gasteiger partial charge in [-0.15, -0.1) is 6.58 Å². The minimum absolute atomic E-state index is 0.309. The van der Waals surface area contributed by atoms with E-state index in [-0.39, 0.29) is 0 Å². The fourth-order valence-corrected chi connectivity index (χ4v) is 1.51. The van der Waals surface area contributed by atoms with Gasteiger partial charge in [0.25, 0.3) is 0 Å².